The molecule has 0 N–H and O–H groups in total. The lowest BCUT2D eigenvalue weighted by molar-refractivity contribution is 0.626. The van der Waals surface area contributed by atoms with Crippen LogP contribution >= 0.6 is 0 Å². The maximum atomic E-state index is 2.22. The summed E-state index contributed by atoms with van der Waals surface area (Å²) in [4.78, 5) is 0. The van der Waals surface area contributed by atoms with E-state index < -0.39 is 0 Å². The van der Waals surface area contributed by atoms with Crippen molar-refractivity contribution in [2.45, 2.75) is 116 Å². The molecule has 0 radical (unpaired) electrons. The van der Waals surface area contributed by atoms with E-state index in [9.17, 15) is 0 Å². The molecule has 0 heteroatoms. The summed E-state index contributed by atoms with van der Waals surface area (Å²) in [5.41, 5.74) is 0. The summed E-state index contributed by atoms with van der Waals surface area (Å²) in [7, 11) is 0. The van der Waals surface area contributed by atoms with Crippen molar-refractivity contribution >= 4 is 0 Å². The molecule has 21 heavy (non-hydrogen) atoms. The topological polar surface area (TPSA) is 0 Å². The Kier molecular flexibility index (Phi) is 44.1. The first-order valence-corrected chi connectivity index (χ1v) is 9.08. The molecule has 0 rings (SSSR count). The van der Waals surface area contributed by atoms with Crippen LogP contribution in [-0.4, -0.2) is 0 Å². The molecule has 0 aliphatic rings. The van der Waals surface area contributed by atoms with Crippen LogP contribution in [0.2, 0.25) is 0 Å². The molecule has 136 valence electrons. The molecule has 0 aromatic heterocycles. The second-order valence-electron chi connectivity index (χ2n) is 7.21. The van der Waals surface area contributed by atoms with Gasteiger partial charge in [0.15, 0.2) is 0 Å². The Balaban J connectivity index is -0.0000000533. The van der Waals surface area contributed by atoms with Crippen molar-refractivity contribution in [2.75, 3.05) is 0 Å². The average molecular weight is 305 g/mol. The van der Waals surface area contributed by atoms with Gasteiger partial charge in [0, 0.05) is 0 Å². The van der Waals surface area contributed by atoms with E-state index >= 15 is 0 Å². The first kappa shape index (κ1) is 32.8. The van der Waals surface area contributed by atoms with Gasteiger partial charge in [0.05, 0.1) is 0 Å². The van der Waals surface area contributed by atoms with Crippen molar-refractivity contribution in [1.82, 2.24) is 0 Å². The number of rotatable bonds is 4. The van der Waals surface area contributed by atoms with E-state index in [0.29, 0.717) is 0 Å². The lowest BCUT2D eigenvalue weighted by Gasteiger charge is -1.90. The van der Waals surface area contributed by atoms with E-state index in [2.05, 4.69) is 83.1 Å². The molecular formula is C21H52. The fraction of sp³-hybridized carbons (Fsp3) is 1.00. The quantitative estimate of drug-likeness (QED) is 0.486. The van der Waals surface area contributed by atoms with Crippen LogP contribution in [-0.2, 0) is 0 Å². The highest BCUT2D eigenvalue weighted by Crippen LogP contribution is 1.95. The number of hydrogen-bond acceptors (Lipinski definition) is 0. The molecule has 0 spiro atoms. The summed E-state index contributed by atoms with van der Waals surface area (Å²) in [5.74, 6) is 3.54. The maximum absolute atomic E-state index is 2.22. The van der Waals surface area contributed by atoms with Gasteiger partial charge in [0.25, 0.3) is 0 Å². The Morgan fingerprint density at radius 3 is 0.429 bits per heavy atom. The zero-order chi connectivity index (χ0) is 17.1. The lowest BCUT2D eigenvalue weighted by atomic mass is 10.2. The normalized spacial score (nSPS) is 9.14. The minimum Gasteiger partial charge on any atom is -0.0776 e. The molecule has 0 saturated heterocycles. The van der Waals surface area contributed by atoms with Crippen molar-refractivity contribution in [2.24, 2.45) is 23.7 Å². The third-order valence-electron chi connectivity index (χ3n) is 3.27. The van der Waals surface area contributed by atoms with Crippen LogP contribution in [0.3, 0.4) is 0 Å². The first-order valence-electron chi connectivity index (χ1n) is 9.08. The van der Waals surface area contributed by atoms with Crippen molar-refractivity contribution in [3.8, 4) is 0 Å². The fourth-order valence-electron chi connectivity index (χ4n) is 0. The Bertz CT molecular complexity index is 88.0. The van der Waals surface area contributed by atoms with E-state index in [1.807, 2.05) is 0 Å². The molecule has 0 unspecified atom stereocenters. The lowest BCUT2D eigenvalue weighted by Crippen LogP contribution is -1.77. The van der Waals surface area contributed by atoms with Crippen LogP contribution in [0, 0.1) is 23.7 Å². The summed E-state index contributed by atoms with van der Waals surface area (Å²) in [6.07, 6.45) is 5.22. The Hall–Kier alpha value is 0. The highest BCUT2D eigenvalue weighted by atomic mass is 13.9. The van der Waals surface area contributed by atoms with Gasteiger partial charge >= 0.3 is 0 Å². The van der Waals surface area contributed by atoms with Gasteiger partial charge in [-0.2, -0.15) is 0 Å². The third-order valence-corrected chi connectivity index (χ3v) is 3.27. The Morgan fingerprint density at radius 1 is 0.381 bits per heavy atom. The van der Waals surface area contributed by atoms with Crippen LogP contribution < -0.4 is 0 Å². The van der Waals surface area contributed by atoms with Crippen LogP contribution in [0.5, 0.6) is 0 Å². The van der Waals surface area contributed by atoms with Crippen LogP contribution in [0.1, 0.15) is 116 Å². The Morgan fingerprint density at radius 2 is 0.429 bits per heavy atom. The maximum Gasteiger partial charge on any atom is -0.0474 e. The first-order chi connectivity index (χ1) is 9.08. The molecule has 0 fully saturated rings. The molecule has 0 saturated carbocycles. The number of hydrogen-bond donors (Lipinski definition) is 0. The highest BCUT2D eigenvalue weighted by Gasteiger charge is 1.81. The van der Waals surface area contributed by atoms with Crippen molar-refractivity contribution in [3.05, 3.63) is 0 Å². The summed E-state index contributed by atoms with van der Waals surface area (Å²) < 4.78 is 0. The van der Waals surface area contributed by atoms with E-state index in [1.165, 1.54) is 25.7 Å². The summed E-state index contributed by atoms with van der Waals surface area (Å²) in [5, 5.41) is 0. The molecule has 0 aromatic rings. The second-order valence-corrected chi connectivity index (χ2v) is 7.21. The predicted molar refractivity (Wildman–Crippen MR) is 107 cm³/mol. The third kappa shape index (κ3) is 101. The molecule has 0 aromatic carbocycles. The smallest absolute Gasteiger partial charge is 0.0474 e. The average Bonchev–Trinajstić information content (AvgIpc) is 2.40. The van der Waals surface area contributed by atoms with Crippen LogP contribution in [0.25, 0.3) is 0 Å². The minimum atomic E-state index is 0. The molecule has 0 nitrogen and oxygen atoms in total. The monoisotopic (exact) mass is 304 g/mol. The largest absolute Gasteiger partial charge is 0.0776 e. The molecule has 0 heterocycles. The van der Waals surface area contributed by atoms with Gasteiger partial charge in [-0.25, -0.2) is 0 Å². The van der Waals surface area contributed by atoms with E-state index in [-0.39, 0.29) is 7.43 Å². The SMILES string of the molecule is C.CCC(C)C.CCC(C)C.CCC(C)C.CCC(C)C. The minimum absolute atomic E-state index is 0. The Labute approximate surface area is 140 Å². The zero-order valence-corrected chi connectivity index (χ0v) is 17.1. The molecule has 0 aliphatic carbocycles. The standard InChI is InChI=1S/4C5H12.CH4/c4*1-4-5(2)3;/h4*5H,4H2,1-3H3;1H4. The van der Waals surface area contributed by atoms with Gasteiger partial charge in [-0.15, -0.1) is 0 Å². The van der Waals surface area contributed by atoms with E-state index in [0.717, 1.165) is 23.7 Å². The van der Waals surface area contributed by atoms with Crippen molar-refractivity contribution in [3.63, 3.8) is 0 Å². The van der Waals surface area contributed by atoms with Gasteiger partial charge in [-0.05, 0) is 23.7 Å². The molecule has 0 aliphatic heterocycles. The summed E-state index contributed by atoms with van der Waals surface area (Å²) >= 11 is 0. The van der Waals surface area contributed by atoms with Crippen LogP contribution in [0.4, 0.5) is 0 Å². The van der Waals surface area contributed by atoms with Gasteiger partial charge in [-0.3, -0.25) is 0 Å². The van der Waals surface area contributed by atoms with Gasteiger partial charge in [0.2, 0.25) is 0 Å². The zero-order valence-electron chi connectivity index (χ0n) is 17.1. The van der Waals surface area contributed by atoms with Crippen LogP contribution in [0.15, 0.2) is 0 Å². The van der Waals surface area contributed by atoms with E-state index in [4.69, 9.17) is 0 Å². The van der Waals surface area contributed by atoms with Crippen molar-refractivity contribution in [1.29, 1.82) is 0 Å². The molecular weight excluding hydrogens is 252 g/mol. The highest BCUT2D eigenvalue weighted by molar-refractivity contribution is 4.34. The van der Waals surface area contributed by atoms with Crippen molar-refractivity contribution < 1.29 is 0 Å². The summed E-state index contributed by atoms with van der Waals surface area (Å²) in [6.45, 7) is 26.6. The fourth-order valence-corrected chi connectivity index (χ4v) is 0. The molecule has 0 amide bonds. The van der Waals surface area contributed by atoms with Gasteiger partial charge in [0.1, 0.15) is 0 Å². The molecule has 0 atom stereocenters. The second kappa shape index (κ2) is 28.2. The van der Waals surface area contributed by atoms with E-state index in [1.54, 1.807) is 0 Å². The van der Waals surface area contributed by atoms with Gasteiger partial charge < -0.3 is 0 Å². The predicted octanol–water partition coefficient (Wildman–Crippen LogP) is 8.85. The van der Waals surface area contributed by atoms with Gasteiger partial charge in [-0.1, -0.05) is 116 Å². The molecule has 0 bridgehead atoms. The summed E-state index contributed by atoms with van der Waals surface area (Å²) in [6, 6.07) is 0.